The molecule has 0 amide bonds. The Morgan fingerprint density at radius 2 is 1.00 bits per heavy atom. The average molecular weight is 765 g/mol. The van der Waals surface area contributed by atoms with Gasteiger partial charge in [-0.1, -0.05) is 133 Å². The van der Waals surface area contributed by atoms with Crippen LogP contribution < -0.4 is 0 Å². The second-order valence-electron chi connectivity index (χ2n) is 14.8. The molecule has 6 nitrogen and oxygen atoms in total. The first-order valence-corrected chi connectivity index (χ1v) is 19.8. The van der Waals surface area contributed by atoms with E-state index in [1.807, 2.05) is 84.9 Å². The van der Waals surface area contributed by atoms with Gasteiger partial charge >= 0.3 is 0 Å². The molecule has 3 heterocycles. The van der Waals surface area contributed by atoms with Crippen molar-refractivity contribution in [2.24, 2.45) is 0 Å². The molecule has 0 saturated carbocycles. The Labute approximate surface area is 346 Å². The quantitative estimate of drug-likeness (QED) is 0.158. The van der Waals surface area contributed by atoms with Crippen LogP contribution in [0.3, 0.4) is 0 Å². The molecule has 0 bridgehead atoms. The van der Waals surface area contributed by atoms with Crippen LogP contribution in [-0.4, -0.2) is 19.1 Å². The molecule has 3 aromatic heterocycles. The molecule has 6 heteroatoms. The predicted molar refractivity (Wildman–Crippen MR) is 243 cm³/mol. The molecule has 0 N–H and O–H groups in total. The minimum absolute atomic E-state index is 0.539. The summed E-state index contributed by atoms with van der Waals surface area (Å²) in [5.41, 5.74) is 13.6. The van der Waals surface area contributed by atoms with Crippen LogP contribution in [0.25, 0.3) is 105 Å². The SMILES string of the molecule is [C-]#[N+]c1ccc2c(c1)c1cc(C#N)ccc1n2-c1cccc(-c2cc(-c3ccccc3)nc(-c3ccccc3)n2)c1-c1ccccc1-n1c2ccccc2c2ccccc21. The fraction of sp³-hybridized carbons (Fsp3) is 0. The number of nitrogens with zero attached hydrogens (tertiary/aromatic N) is 6. The zero-order valence-corrected chi connectivity index (χ0v) is 32.2. The Balaban J connectivity index is 1.29. The van der Waals surface area contributed by atoms with Crippen molar-refractivity contribution in [3.63, 3.8) is 0 Å². The number of rotatable bonds is 6. The van der Waals surface area contributed by atoms with E-state index in [0.717, 1.165) is 83.4 Å². The molecule has 0 unspecified atom stereocenters. The van der Waals surface area contributed by atoms with Crippen LogP contribution in [-0.2, 0) is 0 Å². The largest absolute Gasteiger partial charge is 0.309 e. The third kappa shape index (κ3) is 5.56. The summed E-state index contributed by atoms with van der Waals surface area (Å²) in [5, 5.41) is 14.2. The summed E-state index contributed by atoms with van der Waals surface area (Å²) in [6.07, 6.45) is 0. The van der Waals surface area contributed by atoms with Crippen molar-refractivity contribution in [2.45, 2.75) is 0 Å². The van der Waals surface area contributed by atoms with Gasteiger partial charge in [0.15, 0.2) is 11.5 Å². The normalized spacial score (nSPS) is 11.3. The number of nitriles is 1. The smallest absolute Gasteiger partial charge is 0.188 e. The van der Waals surface area contributed by atoms with E-state index in [0.29, 0.717) is 17.1 Å². The number of aromatic nitrogens is 4. The molecule has 0 radical (unpaired) electrons. The Kier molecular flexibility index (Phi) is 8.15. The third-order valence-electron chi connectivity index (χ3n) is 11.4. The molecule has 0 saturated heterocycles. The lowest BCUT2D eigenvalue weighted by molar-refractivity contribution is 1.15. The van der Waals surface area contributed by atoms with Gasteiger partial charge in [-0.15, -0.1) is 0 Å². The summed E-state index contributed by atoms with van der Waals surface area (Å²) >= 11 is 0. The van der Waals surface area contributed by atoms with E-state index >= 15 is 0 Å². The fourth-order valence-electron chi connectivity index (χ4n) is 8.75. The predicted octanol–water partition coefficient (Wildman–Crippen LogP) is 13.8. The summed E-state index contributed by atoms with van der Waals surface area (Å²) in [4.78, 5) is 14.3. The van der Waals surface area contributed by atoms with Crippen molar-refractivity contribution in [3.05, 3.63) is 211 Å². The minimum Gasteiger partial charge on any atom is -0.309 e. The highest BCUT2D eigenvalue weighted by molar-refractivity contribution is 6.13. The number of para-hydroxylation sites is 3. The molecule has 0 aliphatic rings. The van der Waals surface area contributed by atoms with Crippen LogP contribution in [0.5, 0.6) is 0 Å². The molecule has 0 aliphatic carbocycles. The van der Waals surface area contributed by atoms with Gasteiger partial charge in [0, 0.05) is 44.0 Å². The van der Waals surface area contributed by atoms with Gasteiger partial charge in [0.1, 0.15) is 0 Å². The first kappa shape index (κ1) is 34.7. The van der Waals surface area contributed by atoms with Crippen molar-refractivity contribution in [3.8, 4) is 62.5 Å². The Hall–Kier alpha value is -8.58. The van der Waals surface area contributed by atoms with Crippen LogP contribution in [0.2, 0.25) is 0 Å². The van der Waals surface area contributed by atoms with Gasteiger partial charge in [0.25, 0.3) is 0 Å². The zero-order valence-electron chi connectivity index (χ0n) is 32.2. The fourth-order valence-corrected chi connectivity index (χ4v) is 8.75. The number of benzene rings is 8. The van der Waals surface area contributed by atoms with Gasteiger partial charge in [0.05, 0.1) is 63.0 Å². The Morgan fingerprint density at radius 1 is 0.450 bits per heavy atom. The zero-order chi connectivity index (χ0) is 40.2. The molecule has 11 rings (SSSR count). The topological polar surface area (TPSA) is 63.8 Å². The highest BCUT2D eigenvalue weighted by atomic mass is 15.0. The van der Waals surface area contributed by atoms with Gasteiger partial charge in [-0.25, -0.2) is 14.8 Å². The van der Waals surface area contributed by atoms with Gasteiger partial charge in [-0.2, -0.15) is 5.26 Å². The van der Waals surface area contributed by atoms with Crippen LogP contribution in [0, 0.1) is 17.9 Å². The van der Waals surface area contributed by atoms with E-state index in [4.69, 9.17) is 16.5 Å². The maximum absolute atomic E-state index is 10.0. The summed E-state index contributed by atoms with van der Waals surface area (Å²) in [7, 11) is 0. The van der Waals surface area contributed by atoms with Crippen LogP contribution in [0.1, 0.15) is 5.56 Å². The van der Waals surface area contributed by atoms with E-state index in [1.165, 1.54) is 10.8 Å². The third-order valence-corrected chi connectivity index (χ3v) is 11.4. The molecule has 60 heavy (non-hydrogen) atoms. The second-order valence-corrected chi connectivity index (χ2v) is 14.8. The maximum atomic E-state index is 10.0. The summed E-state index contributed by atoms with van der Waals surface area (Å²) in [6, 6.07) is 68.7. The van der Waals surface area contributed by atoms with Gasteiger partial charge < -0.3 is 9.13 Å². The van der Waals surface area contributed by atoms with Crippen LogP contribution in [0.15, 0.2) is 194 Å². The van der Waals surface area contributed by atoms with Crippen molar-refractivity contribution >= 4 is 49.3 Å². The van der Waals surface area contributed by atoms with E-state index in [2.05, 4.69) is 129 Å². The molecule has 278 valence electrons. The molecular weight excluding hydrogens is 733 g/mol. The lowest BCUT2D eigenvalue weighted by atomic mass is 9.93. The van der Waals surface area contributed by atoms with Gasteiger partial charge in [-0.3, -0.25) is 0 Å². The van der Waals surface area contributed by atoms with E-state index < -0.39 is 0 Å². The number of hydrogen-bond donors (Lipinski definition) is 0. The standard InChI is InChI=1S/C54H32N6/c1-56-38-28-30-51-44(32-38)43-31-35(34-55)27-29-50(43)60(51)52-26-14-22-41(46-33-45(36-15-4-2-5-16-36)57-54(58-46)37-17-6-3-7-18-37)53(52)42-21-10-13-25-49(42)59-47-23-11-8-19-39(47)40-20-9-12-24-48(40)59/h2-33H. The van der Waals surface area contributed by atoms with Gasteiger partial charge in [-0.05, 0) is 66.0 Å². The van der Waals surface area contributed by atoms with Crippen molar-refractivity contribution in [1.29, 1.82) is 5.26 Å². The second kappa shape index (κ2) is 14.1. The molecular formula is C54H32N6. The first-order chi connectivity index (χ1) is 29.7. The molecule has 11 aromatic rings. The Morgan fingerprint density at radius 3 is 1.72 bits per heavy atom. The summed E-state index contributed by atoms with van der Waals surface area (Å²) < 4.78 is 4.65. The monoisotopic (exact) mass is 764 g/mol. The van der Waals surface area contributed by atoms with Gasteiger partial charge in [0.2, 0.25) is 0 Å². The summed E-state index contributed by atoms with van der Waals surface area (Å²) in [5.74, 6) is 0.631. The lowest BCUT2D eigenvalue weighted by Crippen LogP contribution is -2.04. The molecule has 8 aromatic carbocycles. The highest BCUT2D eigenvalue weighted by Crippen LogP contribution is 2.45. The van der Waals surface area contributed by atoms with Crippen molar-refractivity contribution < 1.29 is 0 Å². The van der Waals surface area contributed by atoms with Crippen LogP contribution in [0.4, 0.5) is 5.69 Å². The lowest BCUT2D eigenvalue weighted by Gasteiger charge is -2.22. The first-order valence-electron chi connectivity index (χ1n) is 19.8. The van der Waals surface area contributed by atoms with Crippen molar-refractivity contribution in [2.75, 3.05) is 0 Å². The minimum atomic E-state index is 0.539. The number of hydrogen-bond acceptors (Lipinski definition) is 3. The maximum Gasteiger partial charge on any atom is 0.188 e. The molecule has 0 atom stereocenters. The molecule has 0 spiro atoms. The number of fused-ring (bicyclic) bond motifs is 6. The van der Waals surface area contributed by atoms with E-state index in [9.17, 15) is 5.26 Å². The Bertz CT molecular complexity index is 3380. The molecule has 0 aliphatic heterocycles. The van der Waals surface area contributed by atoms with Crippen LogP contribution >= 0.6 is 0 Å². The molecule has 0 fully saturated rings. The van der Waals surface area contributed by atoms with E-state index in [1.54, 1.807) is 0 Å². The average Bonchev–Trinajstić information content (AvgIpc) is 3.83. The van der Waals surface area contributed by atoms with E-state index in [-0.39, 0.29) is 0 Å². The van der Waals surface area contributed by atoms with Crippen molar-refractivity contribution in [1.82, 2.24) is 19.1 Å². The summed E-state index contributed by atoms with van der Waals surface area (Å²) in [6.45, 7) is 7.86. The highest BCUT2D eigenvalue weighted by Gasteiger charge is 2.24.